The van der Waals surface area contributed by atoms with E-state index >= 15 is 0 Å². The minimum Gasteiger partial charge on any atom is -0.467 e. The fourth-order valence-electron chi connectivity index (χ4n) is 3.48. The van der Waals surface area contributed by atoms with Crippen LogP contribution in [-0.4, -0.2) is 30.0 Å². The fourth-order valence-corrected chi connectivity index (χ4v) is 3.48. The molecule has 1 aliphatic rings. The average molecular weight is 326 g/mol. The van der Waals surface area contributed by atoms with E-state index in [4.69, 9.17) is 4.74 Å². The first kappa shape index (κ1) is 16.4. The quantitative estimate of drug-likeness (QED) is 0.877. The third-order valence-corrected chi connectivity index (χ3v) is 4.76. The number of methoxy groups -OCH3 is 1. The Bertz CT molecular complexity index is 733. The summed E-state index contributed by atoms with van der Waals surface area (Å²) in [5, 5.41) is 3.69. The lowest BCUT2D eigenvalue weighted by molar-refractivity contribution is -0.144. The lowest BCUT2D eigenvalue weighted by Gasteiger charge is -2.29. The molecule has 1 aromatic carbocycles. The summed E-state index contributed by atoms with van der Waals surface area (Å²) in [5.74, 6) is -0.480. The summed E-state index contributed by atoms with van der Waals surface area (Å²) in [6.45, 7) is 0. The number of benzene rings is 1. The molecule has 1 amide bonds. The first-order valence-electron chi connectivity index (χ1n) is 8.43. The Balaban J connectivity index is 1.85. The van der Waals surface area contributed by atoms with Crippen molar-refractivity contribution < 1.29 is 14.3 Å². The zero-order valence-electron chi connectivity index (χ0n) is 13.8. The van der Waals surface area contributed by atoms with Crippen LogP contribution in [0.15, 0.2) is 36.5 Å². The van der Waals surface area contributed by atoms with Crippen LogP contribution < -0.4 is 5.32 Å². The van der Waals surface area contributed by atoms with Crippen molar-refractivity contribution in [3.63, 3.8) is 0 Å². The highest BCUT2D eigenvalue weighted by Crippen LogP contribution is 2.27. The van der Waals surface area contributed by atoms with Gasteiger partial charge in [0.25, 0.3) is 5.91 Å². The van der Waals surface area contributed by atoms with Crippen molar-refractivity contribution in [2.75, 3.05) is 7.11 Å². The standard InChI is InChI=1S/C19H22N2O3/c1-24-19(23)17(13-7-3-2-4-8-13)21-18(22)15-11-12-20-16-10-6-5-9-14(15)16/h5-6,9-13,17H,2-4,7-8H2,1H3,(H,21,22)/t17-/m1/s1. The van der Waals surface area contributed by atoms with Crippen molar-refractivity contribution in [1.82, 2.24) is 10.3 Å². The second-order valence-electron chi connectivity index (χ2n) is 6.25. The molecule has 24 heavy (non-hydrogen) atoms. The number of carbonyl (C=O) groups excluding carboxylic acids is 2. The third-order valence-electron chi connectivity index (χ3n) is 4.76. The average Bonchev–Trinajstić information content (AvgIpc) is 2.65. The van der Waals surface area contributed by atoms with Crippen molar-refractivity contribution in [1.29, 1.82) is 0 Å². The first-order chi connectivity index (χ1) is 11.7. The summed E-state index contributed by atoms with van der Waals surface area (Å²) in [6, 6.07) is 8.59. The Morgan fingerprint density at radius 3 is 2.67 bits per heavy atom. The lowest BCUT2D eigenvalue weighted by atomic mass is 9.83. The van der Waals surface area contributed by atoms with Crippen molar-refractivity contribution in [3.05, 3.63) is 42.1 Å². The van der Waals surface area contributed by atoms with Gasteiger partial charge >= 0.3 is 5.97 Å². The van der Waals surface area contributed by atoms with Crippen molar-refractivity contribution in [2.24, 2.45) is 5.92 Å². The Morgan fingerprint density at radius 2 is 1.92 bits per heavy atom. The van der Waals surface area contributed by atoms with Crippen LogP contribution in [0, 0.1) is 5.92 Å². The molecule has 0 aliphatic heterocycles. The van der Waals surface area contributed by atoms with Crippen LogP contribution in [0.3, 0.4) is 0 Å². The number of aromatic nitrogens is 1. The van der Waals surface area contributed by atoms with E-state index in [1.165, 1.54) is 13.5 Å². The second kappa shape index (κ2) is 7.43. The number of hydrogen-bond acceptors (Lipinski definition) is 4. The molecule has 126 valence electrons. The summed E-state index contributed by atoms with van der Waals surface area (Å²) in [5.41, 5.74) is 1.29. The highest BCUT2D eigenvalue weighted by atomic mass is 16.5. The summed E-state index contributed by atoms with van der Waals surface area (Å²) in [4.78, 5) is 29.3. The number of amides is 1. The van der Waals surface area contributed by atoms with E-state index in [0.717, 1.165) is 36.6 Å². The summed E-state index contributed by atoms with van der Waals surface area (Å²) in [6.07, 6.45) is 6.87. The van der Waals surface area contributed by atoms with Gasteiger partial charge in [-0.05, 0) is 30.9 Å². The van der Waals surface area contributed by atoms with E-state index in [1.807, 2.05) is 24.3 Å². The SMILES string of the molecule is COC(=O)[C@H](NC(=O)c1ccnc2ccccc12)C1CCCCC1. The highest BCUT2D eigenvalue weighted by molar-refractivity contribution is 6.07. The molecule has 1 fully saturated rings. The van der Waals surface area contributed by atoms with Gasteiger partial charge in [0.2, 0.25) is 0 Å². The second-order valence-corrected chi connectivity index (χ2v) is 6.25. The topological polar surface area (TPSA) is 68.3 Å². The molecule has 1 aliphatic carbocycles. The number of carbonyl (C=O) groups is 2. The zero-order valence-corrected chi connectivity index (χ0v) is 13.8. The molecule has 0 saturated heterocycles. The minimum absolute atomic E-state index is 0.142. The molecule has 2 aromatic rings. The molecular formula is C19H22N2O3. The summed E-state index contributed by atoms with van der Waals surface area (Å²) >= 11 is 0. The molecule has 1 N–H and O–H groups in total. The van der Waals surface area contributed by atoms with Crippen LogP contribution in [0.2, 0.25) is 0 Å². The maximum Gasteiger partial charge on any atom is 0.328 e. The molecule has 0 radical (unpaired) electrons. The fraction of sp³-hybridized carbons (Fsp3) is 0.421. The van der Waals surface area contributed by atoms with E-state index in [-0.39, 0.29) is 17.8 Å². The van der Waals surface area contributed by atoms with Gasteiger partial charge in [-0.2, -0.15) is 0 Å². The molecule has 0 spiro atoms. The number of fused-ring (bicyclic) bond motifs is 1. The molecule has 0 bridgehead atoms. The number of nitrogens with one attached hydrogen (secondary N) is 1. The van der Waals surface area contributed by atoms with Gasteiger partial charge in [0.1, 0.15) is 6.04 Å². The van der Waals surface area contributed by atoms with Crippen molar-refractivity contribution >= 4 is 22.8 Å². The summed E-state index contributed by atoms with van der Waals surface area (Å²) in [7, 11) is 1.37. The Hall–Kier alpha value is -2.43. The third kappa shape index (κ3) is 3.40. The smallest absolute Gasteiger partial charge is 0.328 e. The molecular weight excluding hydrogens is 304 g/mol. The van der Waals surface area contributed by atoms with Gasteiger partial charge in [0, 0.05) is 11.6 Å². The molecule has 1 saturated carbocycles. The maximum absolute atomic E-state index is 12.8. The molecule has 1 aromatic heterocycles. The van der Waals surface area contributed by atoms with E-state index in [1.54, 1.807) is 12.3 Å². The summed E-state index contributed by atoms with van der Waals surface area (Å²) < 4.78 is 4.92. The lowest BCUT2D eigenvalue weighted by Crippen LogP contribution is -2.47. The van der Waals surface area contributed by atoms with Gasteiger partial charge in [-0.25, -0.2) is 4.79 Å². The first-order valence-corrected chi connectivity index (χ1v) is 8.43. The number of rotatable bonds is 4. The Labute approximate surface area is 141 Å². The van der Waals surface area contributed by atoms with Crippen molar-refractivity contribution in [3.8, 4) is 0 Å². The molecule has 3 rings (SSSR count). The normalized spacial score (nSPS) is 16.5. The largest absolute Gasteiger partial charge is 0.467 e. The highest BCUT2D eigenvalue weighted by Gasteiger charge is 2.32. The number of hydrogen-bond donors (Lipinski definition) is 1. The van der Waals surface area contributed by atoms with Crippen LogP contribution in [0.1, 0.15) is 42.5 Å². The molecule has 0 unspecified atom stereocenters. The zero-order chi connectivity index (χ0) is 16.9. The van der Waals surface area contributed by atoms with E-state index < -0.39 is 6.04 Å². The van der Waals surface area contributed by atoms with Gasteiger partial charge in [-0.3, -0.25) is 9.78 Å². The number of para-hydroxylation sites is 1. The van der Waals surface area contributed by atoms with E-state index in [9.17, 15) is 9.59 Å². The van der Waals surface area contributed by atoms with Crippen LogP contribution in [0.5, 0.6) is 0 Å². The molecule has 5 heteroatoms. The minimum atomic E-state index is -0.588. The van der Waals surface area contributed by atoms with Gasteiger partial charge < -0.3 is 10.1 Å². The number of nitrogens with zero attached hydrogens (tertiary/aromatic N) is 1. The predicted molar refractivity (Wildman–Crippen MR) is 91.6 cm³/mol. The number of ether oxygens (including phenoxy) is 1. The van der Waals surface area contributed by atoms with Gasteiger partial charge in [0.05, 0.1) is 18.2 Å². The number of pyridine rings is 1. The Kier molecular flexibility index (Phi) is 5.08. The molecule has 1 heterocycles. The van der Waals surface area contributed by atoms with Crippen LogP contribution in [0.25, 0.3) is 10.9 Å². The van der Waals surface area contributed by atoms with Crippen LogP contribution in [0.4, 0.5) is 0 Å². The van der Waals surface area contributed by atoms with E-state index in [0.29, 0.717) is 5.56 Å². The van der Waals surface area contributed by atoms with Gasteiger partial charge in [0.15, 0.2) is 0 Å². The van der Waals surface area contributed by atoms with Crippen molar-refractivity contribution in [2.45, 2.75) is 38.1 Å². The Morgan fingerprint density at radius 1 is 1.17 bits per heavy atom. The predicted octanol–water partition coefficient (Wildman–Crippen LogP) is 3.09. The monoisotopic (exact) mass is 326 g/mol. The number of esters is 1. The maximum atomic E-state index is 12.8. The van der Waals surface area contributed by atoms with Crippen LogP contribution >= 0.6 is 0 Å². The van der Waals surface area contributed by atoms with Crippen LogP contribution in [-0.2, 0) is 9.53 Å². The van der Waals surface area contributed by atoms with Gasteiger partial charge in [-0.1, -0.05) is 37.5 Å². The molecule has 5 nitrogen and oxygen atoms in total. The molecule has 1 atom stereocenters. The van der Waals surface area contributed by atoms with Gasteiger partial charge in [-0.15, -0.1) is 0 Å². The van der Waals surface area contributed by atoms with E-state index in [2.05, 4.69) is 10.3 Å².